The molecule has 116 valence electrons. The van der Waals surface area contributed by atoms with E-state index in [4.69, 9.17) is 16.3 Å². The summed E-state index contributed by atoms with van der Waals surface area (Å²) in [5, 5.41) is 0.429. The Morgan fingerprint density at radius 2 is 1.86 bits per heavy atom. The fourth-order valence-corrected chi connectivity index (χ4v) is 2.79. The van der Waals surface area contributed by atoms with Crippen molar-refractivity contribution in [1.29, 1.82) is 0 Å². The predicted molar refractivity (Wildman–Crippen MR) is 83.5 cm³/mol. The van der Waals surface area contributed by atoms with E-state index in [0.29, 0.717) is 10.8 Å². The zero-order chi connectivity index (χ0) is 16.2. The molecule has 0 spiro atoms. The van der Waals surface area contributed by atoms with Gasteiger partial charge in [-0.2, -0.15) is 4.72 Å². The normalized spacial score (nSPS) is 11.2. The highest BCUT2D eigenvalue weighted by Crippen LogP contribution is 2.14. The number of hydrogen-bond acceptors (Lipinski definition) is 4. The summed E-state index contributed by atoms with van der Waals surface area (Å²) in [6, 6.07) is 12.6. The molecule has 5 nitrogen and oxygen atoms in total. The van der Waals surface area contributed by atoms with Gasteiger partial charge < -0.3 is 4.74 Å². The van der Waals surface area contributed by atoms with Gasteiger partial charge in [0.15, 0.2) is 0 Å². The van der Waals surface area contributed by atoms with Crippen LogP contribution < -0.4 is 9.46 Å². The lowest BCUT2D eigenvalue weighted by molar-refractivity contribution is -0.133. The van der Waals surface area contributed by atoms with E-state index < -0.39 is 22.5 Å². The van der Waals surface area contributed by atoms with Gasteiger partial charge in [-0.1, -0.05) is 23.7 Å². The van der Waals surface area contributed by atoms with Crippen molar-refractivity contribution in [2.75, 3.05) is 6.54 Å². The van der Waals surface area contributed by atoms with Crippen LogP contribution in [0.15, 0.2) is 53.4 Å². The minimum atomic E-state index is -3.78. The zero-order valence-corrected chi connectivity index (χ0v) is 13.3. The third-order valence-electron chi connectivity index (χ3n) is 2.75. The van der Waals surface area contributed by atoms with Crippen molar-refractivity contribution in [2.24, 2.45) is 0 Å². The SMILES string of the molecule is Cc1cccc(OC(=O)CNS(=O)(=O)c2ccc(Cl)cc2)c1. The maximum Gasteiger partial charge on any atom is 0.326 e. The molecule has 0 aliphatic heterocycles. The third kappa shape index (κ3) is 4.56. The topological polar surface area (TPSA) is 72.5 Å². The molecule has 2 aromatic rings. The molecular formula is C15H14ClNO4S. The predicted octanol–water partition coefficient (Wildman–Crippen LogP) is 2.53. The van der Waals surface area contributed by atoms with Gasteiger partial charge in [0.25, 0.3) is 0 Å². The number of carbonyl (C=O) groups excluding carboxylic acids is 1. The van der Waals surface area contributed by atoms with Gasteiger partial charge in [-0.3, -0.25) is 4.79 Å². The van der Waals surface area contributed by atoms with E-state index in [-0.39, 0.29) is 4.90 Å². The number of ether oxygens (including phenoxy) is 1. The van der Waals surface area contributed by atoms with Gasteiger partial charge in [0, 0.05) is 5.02 Å². The smallest absolute Gasteiger partial charge is 0.326 e. The zero-order valence-electron chi connectivity index (χ0n) is 11.7. The Hall–Kier alpha value is -1.89. The highest BCUT2D eigenvalue weighted by Gasteiger charge is 2.16. The molecule has 0 fully saturated rings. The van der Waals surface area contributed by atoms with Gasteiger partial charge in [-0.15, -0.1) is 0 Å². The Morgan fingerprint density at radius 1 is 1.18 bits per heavy atom. The lowest BCUT2D eigenvalue weighted by Crippen LogP contribution is -2.31. The number of sulfonamides is 1. The van der Waals surface area contributed by atoms with Crippen molar-refractivity contribution in [3.8, 4) is 5.75 Å². The molecule has 0 aliphatic carbocycles. The van der Waals surface area contributed by atoms with E-state index in [0.717, 1.165) is 5.56 Å². The summed E-state index contributed by atoms with van der Waals surface area (Å²) in [4.78, 5) is 11.7. The van der Waals surface area contributed by atoms with Crippen LogP contribution in [0.3, 0.4) is 0 Å². The fraction of sp³-hybridized carbons (Fsp3) is 0.133. The standard InChI is InChI=1S/C15H14ClNO4S/c1-11-3-2-4-13(9-11)21-15(18)10-17-22(19,20)14-7-5-12(16)6-8-14/h2-9,17H,10H2,1H3. The average Bonchev–Trinajstić information content (AvgIpc) is 2.46. The maximum atomic E-state index is 12.0. The first-order valence-electron chi connectivity index (χ1n) is 6.39. The number of esters is 1. The summed E-state index contributed by atoms with van der Waals surface area (Å²) in [5.41, 5.74) is 0.937. The van der Waals surface area contributed by atoms with Crippen molar-refractivity contribution in [2.45, 2.75) is 11.8 Å². The molecule has 7 heteroatoms. The molecule has 2 aromatic carbocycles. The van der Waals surface area contributed by atoms with Gasteiger partial charge in [0.2, 0.25) is 10.0 Å². The van der Waals surface area contributed by atoms with Crippen LogP contribution >= 0.6 is 11.6 Å². The highest BCUT2D eigenvalue weighted by molar-refractivity contribution is 7.89. The van der Waals surface area contributed by atoms with Crippen LogP contribution in [-0.2, 0) is 14.8 Å². The van der Waals surface area contributed by atoms with Gasteiger partial charge in [-0.05, 0) is 48.9 Å². The first kappa shape index (κ1) is 16.5. The molecule has 0 saturated heterocycles. The number of halogens is 1. The van der Waals surface area contributed by atoms with Crippen molar-refractivity contribution >= 4 is 27.6 Å². The number of aryl methyl sites for hydroxylation is 1. The molecule has 0 heterocycles. The van der Waals surface area contributed by atoms with E-state index in [1.54, 1.807) is 18.2 Å². The van der Waals surface area contributed by atoms with Crippen LogP contribution in [0.2, 0.25) is 5.02 Å². The lowest BCUT2D eigenvalue weighted by Gasteiger charge is -2.07. The minimum absolute atomic E-state index is 0.0280. The molecule has 2 rings (SSSR count). The molecule has 22 heavy (non-hydrogen) atoms. The van der Waals surface area contributed by atoms with E-state index in [1.165, 1.54) is 24.3 Å². The molecule has 0 radical (unpaired) electrons. The van der Waals surface area contributed by atoms with E-state index in [1.807, 2.05) is 13.0 Å². The number of benzene rings is 2. The van der Waals surface area contributed by atoms with Crippen molar-refractivity contribution < 1.29 is 17.9 Å². The first-order valence-corrected chi connectivity index (χ1v) is 8.25. The molecule has 0 saturated carbocycles. The molecule has 0 aliphatic rings. The van der Waals surface area contributed by atoms with Crippen LogP contribution in [0.25, 0.3) is 0 Å². The van der Waals surface area contributed by atoms with E-state index in [2.05, 4.69) is 4.72 Å². The molecule has 0 bridgehead atoms. The average molecular weight is 340 g/mol. The van der Waals surface area contributed by atoms with Crippen molar-refractivity contribution in [3.05, 3.63) is 59.1 Å². The van der Waals surface area contributed by atoms with Crippen LogP contribution in [0.5, 0.6) is 5.75 Å². The summed E-state index contributed by atoms with van der Waals surface area (Å²) in [5.74, 6) is -0.321. The second-order valence-electron chi connectivity index (χ2n) is 4.57. The van der Waals surface area contributed by atoms with Gasteiger partial charge in [0.1, 0.15) is 12.3 Å². The maximum absolute atomic E-state index is 12.0. The lowest BCUT2D eigenvalue weighted by atomic mass is 10.2. The number of nitrogens with one attached hydrogen (secondary N) is 1. The Balaban J connectivity index is 1.97. The third-order valence-corrected chi connectivity index (χ3v) is 4.42. The summed E-state index contributed by atoms with van der Waals surface area (Å²) >= 11 is 5.70. The Bertz CT molecular complexity index is 772. The number of hydrogen-bond donors (Lipinski definition) is 1. The summed E-state index contributed by atoms with van der Waals surface area (Å²) in [6.45, 7) is 1.40. The Morgan fingerprint density at radius 3 is 2.50 bits per heavy atom. The number of carbonyl (C=O) groups is 1. The van der Waals surface area contributed by atoms with Gasteiger partial charge in [0.05, 0.1) is 4.90 Å². The summed E-state index contributed by atoms with van der Waals surface area (Å²) in [7, 11) is -3.78. The monoisotopic (exact) mass is 339 g/mol. The summed E-state index contributed by atoms with van der Waals surface area (Å²) < 4.78 is 31.2. The molecule has 0 aromatic heterocycles. The summed E-state index contributed by atoms with van der Waals surface area (Å²) in [6.07, 6.45) is 0. The van der Waals surface area contributed by atoms with Gasteiger partial charge >= 0.3 is 5.97 Å². The van der Waals surface area contributed by atoms with E-state index in [9.17, 15) is 13.2 Å². The molecule has 1 N–H and O–H groups in total. The minimum Gasteiger partial charge on any atom is -0.426 e. The fourth-order valence-electron chi connectivity index (χ4n) is 1.70. The van der Waals surface area contributed by atoms with Crippen LogP contribution in [0.1, 0.15) is 5.56 Å². The quantitative estimate of drug-likeness (QED) is 0.671. The van der Waals surface area contributed by atoms with Crippen LogP contribution in [0, 0.1) is 6.92 Å². The molecule has 0 amide bonds. The van der Waals surface area contributed by atoms with Gasteiger partial charge in [-0.25, -0.2) is 8.42 Å². The molecule has 0 atom stereocenters. The van der Waals surface area contributed by atoms with Crippen LogP contribution in [-0.4, -0.2) is 20.9 Å². The first-order chi connectivity index (χ1) is 10.4. The second-order valence-corrected chi connectivity index (χ2v) is 6.77. The van der Waals surface area contributed by atoms with E-state index >= 15 is 0 Å². The molecule has 0 unspecified atom stereocenters. The highest BCUT2D eigenvalue weighted by atomic mass is 35.5. The second kappa shape index (κ2) is 6.91. The Labute approximate surface area is 133 Å². The Kier molecular flexibility index (Phi) is 5.18. The largest absolute Gasteiger partial charge is 0.426 e. The van der Waals surface area contributed by atoms with Crippen molar-refractivity contribution in [1.82, 2.24) is 4.72 Å². The van der Waals surface area contributed by atoms with Crippen LogP contribution in [0.4, 0.5) is 0 Å². The molecular weight excluding hydrogens is 326 g/mol. The van der Waals surface area contributed by atoms with Crippen molar-refractivity contribution in [3.63, 3.8) is 0 Å². The number of rotatable bonds is 5.